The van der Waals surface area contributed by atoms with E-state index < -0.39 is 0 Å². The zero-order chi connectivity index (χ0) is 15.4. The molecule has 2 aromatic rings. The zero-order valence-electron chi connectivity index (χ0n) is 12.8. The quantitative estimate of drug-likeness (QED) is 0.843. The van der Waals surface area contributed by atoms with Crippen LogP contribution in [0.25, 0.3) is 0 Å². The second-order valence-electron chi connectivity index (χ2n) is 5.54. The van der Waals surface area contributed by atoms with Crippen LogP contribution in [0.5, 0.6) is 0 Å². The highest BCUT2D eigenvalue weighted by atomic mass is 16.1. The number of anilines is 1. The third-order valence-electron chi connectivity index (χ3n) is 3.94. The van der Waals surface area contributed by atoms with Crippen LogP contribution in [-0.4, -0.2) is 11.9 Å². The fraction of sp³-hybridized carbons (Fsp3) is 0.278. The summed E-state index contributed by atoms with van der Waals surface area (Å²) in [4.78, 5) is 12.4. The van der Waals surface area contributed by atoms with Gasteiger partial charge >= 0.3 is 0 Å². The van der Waals surface area contributed by atoms with Crippen molar-refractivity contribution in [3.05, 3.63) is 65.2 Å². The number of hydrogen-bond acceptors (Lipinski definition) is 2. The Morgan fingerprint density at radius 1 is 1.10 bits per heavy atom. The largest absolute Gasteiger partial charge is 0.399 e. The molecule has 3 N–H and O–H groups in total. The van der Waals surface area contributed by atoms with Crippen molar-refractivity contribution in [1.29, 1.82) is 0 Å². The third-order valence-corrected chi connectivity index (χ3v) is 3.94. The number of amides is 1. The molecular formula is C18H22N2O. The van der Waals surface area contributed by atoms with Gasteiger partial charge in [0.25, 0.3) is 5.91 Å². The summed E-state index contributed by atoms with van der Waals surface area (Å²) in [6.45, 7) is 6.06. The van der Waals surface area contributed by atoms with Gasteiger partial charge in [0.2, 0.25) is 0 Å². The number of aryl methyl sites for hydroxylation is 1. The molecule has 21 heavy (non-hydrogen) atoms. The van der Waals surface area contributed by atoms with Crippen molar-refractivity contribution >= 4 is 11.6 Å². The molecule has 0 aliphatic carbocycles. The van der Waals surface area contributed by atoms with Crippen LogP contribution < -0.4 is 11.1 Å². The lowest BCUT2D eigenvalue weighted by Gasteiger charge is -2.22. The lowest BCUT2D eigenvalue weighted by Crippen LogP contribution is -2.36. The number of nitrogens with two attached hydrogens (primary N) is 1. The van der Waals surface area contributed by atoms with E-state index in [0.717, 1.165) is 5.56 Å². The fourth-order valence-electron chi connectivity index (χ4n) is 2.34. The zero-order valence-corrected chi connectivity index (χ0v) is 12.8. The first-order valence-electron chi connectivity index (χ1n) is 7.21. The van der Waals surface area contributed by atoms with Crippen molar-refractivity contribution in [1.82, 2.24) is 5.32 Å². The summed E-state index contributed by atoms with van der Waals surface area (Å²) in [5.41, 5.74) is 9.16. The van der Waals surface area contributed by atoms with Gasteiger partial charge in [-0.05, 0) is 37.1 Å². The minimum atomic E-state index is -0.0740. The molecular weight excluding hydrogens is 260 g/mol. The number of rotatable bonds is 4. The van der Waals surface area contributed by atoms with Gasteiger partial charge in [-0.2, -0.15) is 0 Å². The van der Waals surface area contributed by atoms with Crippen LogP contribution in [0.1, 0.15) is 41.3 Å². The maximum absolute atomic E-state index is 12.4. The summed E-state index contributed by atoms with van der Waals surface area (Å²) < 4.78 is 0. The van der Waals surface area contributed by atoms with Gasteiger partial charge in [-0.25, -0.2) is 0 Å². The van der Waals surface area contributed by atoms with Gasteiger partial charge in [-0.1, -0.05) is 43.3 Å². The van der Waals surface area contributed by atoms with Crippen LogP contribution in [0.4, 0.5) is 5.69 Å². The number of nitrogen functional groups attached to an aromatic ring is 1. The van der Waals surface area contributed by atoms with Crippen molar-refractivity contribution < 1.29 is 4.79 Å². The van der Waals surface area contributed by atoms with Crippen LogP contribution in [0.2, 0.25) is 0 Å². The molecule has 0 heterocycles. The molecule has 0 radical (unpaired) electrons. The van der Waals surface area contributed by atoms with Gasteiger partial charge in [0, 0.05) is 23.2 Å². The fourth-order valence-corrected chi connectivity index (χ4v) is 2.34. The van der Waals surface area contributed by atoms with E-state index in [9.17, 15) is 4.79 Å². The summed E-state index contributed by atoms with van der Waals surface area (Å²) in [6, 6.07) is 15.6. The maximum atomic E-state index is 12.4. The lowest BCUT2D eigenvalue weighted by molar-refractivity contribution is 0.0935. The van der Waals surface area contributed by atoms with Gasteiger partial charge in [0.15, 0.2) is 0 Å². The predicted octanol–water partition coefficient (Wildman–Crippen LogP) is 3.50. The minimum Gasteiger partial charge on any atom is -0.399 e. The van der Waals surface area contributed by atoms with Crippen LogP contribution in [0, 0.1) is 6.92 Å². The van der Waals surface area contributed by atoms with Gasteiger partial charge in [0.1, 0.15) is 0 Å². The number of hydrogen-bond donors (Lipinski definition) is 2. The molecule has 0 spiro atoms. The average molecular weight is 282 g/mol. The molecule has 0 bridgehead atoms. The van der Waals surface area contributed by atoms with Crippen molar-refractivity contribution in [3.8, 4) is 0 Å². The first-order chi connectivity index (χ1) is 9.99. The number of nitrogens with one attached hydrogen (secondary N) is 1. The van der Waals surface area contributed by atoms with E-state index in [1.165, 1.54) is 5.56 Å². The van der Waals surface area contributed by atoms with E-state index in [-0.39, 0.29) is 17.9 Å². The van der Waals surface area contributed by atoms with E-state index in [4.69, 9.17) is 5.73 Å². The molecule has 3 heteroatoms. The Morgan fingerprint density at radius 2 is 1.76 bits per heavy atom. The normalized spacial score (nSPS) is 13.5. The average Bonchev–Trinajstić information content (AvgIpc) is 2.49. The van der Waals surface area contributed by atoms with Gasteiger partial charge in [-0.3, -0.25) is 4.79 Å². The highest BCUT2D eigenvalue weighted by Gasteiger charge is 2.18. The summed E-state index contributed by atoms with van der Waals surface area (Å²) in [7, 11) is 0. The molecule has 0 aromatic heterocycles. The molecule has 0 saturated carbocycles. The number of carbonyl (C=O) groups is 1. The second kappa shape index (κ2) is 6.44. The van der Waals surface area contributed by atoms with Gasteiger partial charge in [0.05, 0.1) is 0 Å². The summed E-state index contributed by atoms with van der Waals surface area (Å²) in [6.07, 6.45) is 0. The topological polar surface area (TPSA) is 55.1 Å². The van der Waals surface area contributed by atoms with Gasteiger partial charge < -0.3 is 11.1 Å². The van der Waals surface area contributed by atoms with E-state index >= 15 is 0 Å². The predicted molar refractivity (Wildman–Crippen MR) is 87.4 cm³/mol. The molecule has 0 saturated heterocycles. The Balaban J connectivity index is 2.10. The summed E-state index contributed by atoms with van der Waals surface area (Å²) >= 11 is 0. The van der Waals surface area contributed by atoms with Crippen LogP contribution in [0.3, 0.4) is 0 Å². The summed E-state index contributed by atoms with van der Waals surface area (Å²) in [5.74, 6) is 0.173. The minimum absolute atomic E-state index is 0.0423. The molecule has 2 rings (SSSR count). The highest BCUT2D eigenvalue weighted by Crippen LogP contribution is 2.19. The molecule has 0 aliphatic rings. The smallest absolute Gasteiger partial charge is 0.251 e. The SMILES string of the molecule is Cc1ccc(N)cc1C(=O)NC(C)C(C)c1ccccc1. The Morgan fingerprint density at radius 3 is 2.43 bits per heavy atom. The van der Waals surface area contributed by atoms with E-state index in [1.807, 2.05) is 44.2 Å². The van der Waals surface area contributed by atoms with Gasteiger partial charge in [-0.15, -0.1) is 0 Å². The van der Waals surface area contributed by atoms with Crippen LogP contribution in [0.15, 0.2) is 48.5 Å². The monoisotopic (exact) mass is 282 g/mol. The molecule has 2 unspecified atom stereocenters. The lowest BCUT2D eigenvalue weighted by atomic mass is 9.94. The van der Waals surface area contributed by atoms with Crippen molar-refractivity contribution in [2.45, 2.75) is 32.7 Å². The molecule has 0 fully saturated rings. The Bertz CT molecular complexity index is 622. The molecule has 3 nitrogen and oxygen atoms in total. The molecule has 2 aromatic carbocycles. The first kappa shape index (κ1) is 15.1. The Kier molecular flexibility index (Phi) is 4.63. The van der Waals surface area contributed by atoms with Crippen molar-refractivity contribution in [2.75, 3.05) is 5.73 Å². The molecule has 2 atom stereocenters. The standard InChI is InChI=1S/C18H22N2O/c1-12-9-10-16(19)11-17(12)18(21)20-14(3)13(2)15-7-5-4-6-8-15/h4-11,13-14H,19H2,1-3H3,(H,20,21). The first-order valence-corrected chi connectivity index (χ1v) is 7.21. The third kappa shape index (κ3) is 3.63. The number of carbonyl (C=O) groups excluding carboxylic acids is 1. The summed E-state index contributed by atoms with van der Waals surface area (Å²) in [5, 5.41) is 3.07. The van der Waals surface area contributed by atoms with Crippen LogP contribution >= 0.6 is 0 Å². The maximum Gasteiger partial charge on any atom is 0.251 e. The Labute approximate surface area is 126 Å². The van der Waals surface area contributed by atoms with E-state index in [1.54, 1.807) is 6.07 Å². The van der Waals surface area contributed by atoms with Crippen molar-refractivity contribution in [3.63, 3.8) is 0 Å². The molecule has 0 aliphatic heterocycles. The highest BCUT2D eigenvalue weighted by molar-refractivity contribution is 5.96. The Hall–Kier alpha value is -2.29. The number of benzene rings is 2. The van der Waals surface area contributed by atoms with Crippen LogP contribution in [-0.2, 0) is 0 Å². The second-order valence-corrected chi connectivity index (χ2v) is 5.54. The molecule has 110 valence electrons. The van der Waals surface area contributed by atoms with Crippen molar-refractivity contribution in [2.24, 2.45) is 0 Å². The molecule has 1 amide bonds. The van der Waals surface area contributed by atoms with E-state index in [2.05, 4.69) is 24.4 Å². The van der Waals surface area contributed by atoms with E-state index in [0.29, 0.717) is 11.3 Å².